The van der Waals surface area contributed by atoms with Gasteiger partial charge in [-0.1, -0.05) is 48.5 Å². The highest BCUT2D eigenvalue weighted by atomic mass is 32.2. The fourth-order valence-electron chi connectivity index (χ4n) is 3.69. The number of carboxylic acids is 1. The lowest BCUT2D eigenvalue weighted by atomic mass is 9.98. The van der Waals surface area contributed by atoms with E-state index in [0.29, 0.717) is 5.75 Å². The molecule has 1 heterocycles. The molecule has 1 aromatic heterocycles. The lowest BCUT2D eigenvalue weighted by molar-refractivity contribution is -0.138. The van der Waals surface area contributed by atoms with Crippen molar-refractivity contribution in [2.45, 2.75) is 24.6 Å². The number of fused-ring (bicyclic) bond motifs is 3. The molecule has 2 aromatic carbocycles. The maximum Gasteiger partial charge on any atom is 0.407 e. The first-order valence-electron chi connectivity index (χ1n) is 9.86. The number of nitrogens with zero attached hydrogens (tertiary/aromatic N) is 1. The van der Waals surface area contributed by atoms with Gasteiger partial charge in [-0.05, 0) is 29.2 Å². The number of nitrogens with one attached hydrogen (secondary N) is 1. The molecule has 8 heteroatoms. The highest BCUT2D eigenvalue weighted by Gasteiger charge is 2.29. The van der Waals surface area contributed by atoms with Gasteiger partial charge in [0.05, 0.1) is 0 Å². The molecule has 0 bridgehead atoms. The zero-order chi connectivity index (χ0) is 21.8. The molecule has 0 saturated heterocycles. The average molecular weight is 455 g/mol. The van der Waals surface area contributed by atoms with Gasteiger partial charge >= 0.3 is 12.1 Å². The molecule has 1 aliphatic carbocycles. The van der Waals surface area contributed by atoms with Gasteiger partial charge in [0.1, 0.15) is 17.7 Å². The molecule has 0 radical (unpaired) electrons. The number of carbonyl (C=O) groups is 2. The van der Waals surface area contributed by atoms with Gasteiger partial charge < -0.3 is 15.2 Å². The normalized spacial score (nSPS) is 13.3. The van der Waals surface area contributed by atoms with E-state index in [1.165, 1.54) is 11.8 Å². The second-order valence-corrected chi connectivity index (χ2v) is 9.23. The number of thiazole rings is 1. The minimum absolute atomic E-state index is 0.0658. The van der Waals surface area contributed by atoms with Crippen LogP contribution in [0.4, 0.5) is 4.79 Å². The molecule has 0 aliphatic heterocycles. The Kier molecular flexibility index (Phi) is 6.58. The number of hydrogen-bond donors (Lipinski definition) is 2. The molecule has 3 aromatic rings. The number of thioether (sulfide) groups is 1. The molecule has 160 valence electrons. The summed E-state index contributed by atoms with van der Waals surface area (Å²) in [6.45, 7) is 2.07. The van der Waals surface area contributed by atoms with E-state index in [0.717, 1.165) is 33.0 Å². The molecule has 0 saturated carbocycles. The Bertz CT molecular complexity index is 1050. The van der Waals surface area contributed by atoms with E-state index >= 15 is 0 Å². The van der Waals surface area contributed by atoms with E-state index in [2.05, 4.69) is 22.4 Å². The lowest BCUT2D eigenvalue weighted by Gasteiger charge is -2.17. The third-order valence-corrected chi connectivity index (χ3v) is 7.31. The highest BCUT2D eigenvalue weighted by Crippen LogP contribution is 2.44. The van der Waals surface area contributed by atoms with Crippen LogP contribution in [-0.2, 0) is 15.3 Å². The number of amides is 1. The molecule has 31 heavy (non-hydrogen) atoms. The zero-order valence-electron chi connectivity index (χ0n) is 16.9. The first-order chi connectivity index (χ1) is 15.0. The van der Waals surface area contributed by atoms with Gasteiger partial charge in [0.15, 0.2) is 0 Å². The molecule has 1 amide bonds. The summed E-state index contributed by atoms with van der Waals surface area (Å²) in [4.78, 5) is 28.3. The van der Waals surface area contributed by atoms with Gasteiger partial charge in [-0.25, -0.2) is 14.6 Å². The number of aryl methyl sites for hydroxylation is 1. The van der Waals surface area contributed by atoms with Gasteiger partial charge in [0.25, 0.3) is 0 Å². The van der Waals surface area contributed by atoms with Gasteiger partial charge in [0.2, 0.25) is 0 Å². The number of hydrogen-bond acceptors (Lipinski definition) is 6. The van der Waals surface area contributed by atoms with Crippen molar-refractivity contribution in [2.75, 3.05) is 12.4 Å². The van der Waals surface area contributed by atoms with Crippen LogP contribution in [0.15, 0.2) is 53.9 Å². The summed E-state index contributed by atoms with van der Waals surface area (Å²) in [5.74, 6) is -0.312. The summed E-state index contributed by atoms with van der Waals surface area (Å²) in [6, 6.07) is 15.1. The molecule has 2 N–H and O–H groups in total. The Morgan fingerprint density at radius 2 is 1.81 bits per heavy atom. The number of carbonyl (C=O) groups excluding carboxylic acids is 1. The molecular weight excluding hydrogens is 432 g/mol. The molecular formula is C23H22N2O4S2. The molecule has 1 unspecified atom stereocenters. The number of aliphatic carboxylic acids is 1. The monoisotopic (exact) mass is 454 g/mol. The van der Waals surface area contributed by atoms with Crippen LogP contribution in [0.1, 0.15) is 27.7 Å². The number of aromatic nitrogens is 1. The van der Waals surface area contributed by atoms with Crippen LogP contribution in [0.3, 0.4) is 0 Å². The van der Waals surface area contributed by atoms with Gasteiger partial charge in [-0.2, -0.15) is 11.8 Å². The molecule has 4 rings (SSSR count). The van der Waals surface area contributed by atoms with Crippen LogP contribution in [0.25, 0.3) is 11.1 Å². The number of carboxylic acid groups (broad SMARTS) is 1. The first-order valence-corrected chi connectivity index (χ1v) is 11.9. The second-order valence-electron chi connectivity index (χ2n) is 7.26. The third-order valence-electron chi connectivity index (χ3n) is 5.11. The van der Waals surface area contributed by atoms with Crippen LogP contribution in [0.5, 0.6) is 0 Å². The van der Waals surface area contributed by atoms with Gasteiger partial charge in [-0.15, -0.1) is 11.3 Å². The van der Waals surface area contributed by atoms with Crippen LogP contribution >= 0.6 is 23.1 Å². The molecule has 1 atom stereocenters. The van der Waals surface area contributed by atoms with Crippen LogP contribution in [0.2, 0.25) is 0 Å². The summed E-state index contributed by atoms with van der Waals surface area (Å²) < 4.78 is 5.46. The summed E-state index contributed by atoms with van der Waals surface area (Å²) in [7, 11) is 0. The Hall–Kier alpha value is -2.84. The van der Waals surface area contributed by atoms with Crippen molar-refractivity contribution in [3.8, 4) is 11.1 Å². The molecule has 0 fully saturated rings. The van der Waals surface area contributed by atoms with Gasteiger partial charge in [-0.3, -0.25) is 0 Å². The maximum atomic E-state index is 12.4. The zero-order valence-corrected chi connectivity index (χ0v) is 18.5. The molecule has 6 nitrogen and oxygen atoms in total. The fraction of sp³-hybridized carbons (Fsp3) is 0.261. The Balaban J connectivity index is 1.34. The number of ether oxygens (including phenoxy) is 1. The largest absolute Gasteiger partial charge is 0.480 e. The van der Waals surface area contributed by atoms with Gasteiger partial charge in [0, 0.05) is 28.5 Å². The number of benzene rings is 2. The summed E-state index contributed by atoms with van der Waals surface area (Å²) in [5.41, 5.74) is 5.46. The predicted molar refractivity (Wildman–Crippen MR) is 123 cm³/mol. The average Bonchev–Trinajstić information content (AvgIpc) is 3.32. The predicted octanol–water partition coefficient (Wildman–Crippen LogP) is 4.68. The van der Waals surface area contributed by atoms with E-state index in [1.807, 2.05) is 48.7 Å². The number of alkyl carbamates (subject to hydrolysis) is 1. The minimum Gasteiger partial charge on any atom is -0.480 e. The van der Waals surface area contributed by atoms with E-state index in [4.69, 9.17) is 4.74 Å². The fourth-order valence-corrected chi connectivity index (χ4v) is 5.59. The lowest BCUT2D eigenvalue weighted by Crippen LogP contribution is -2.43. The van der Waals surface area contributed by atoms with Crippen molar-refractivity contribution in [1.29, 1.82) is 0 Å². The van der Waals surface area contributed by atoms with E-state index in [-0.39, 0.29) is 18.3 Å². The second kappa shape index (κ2) is 9.53. The van der Waals surface area contributed by atoms with Crippen molar-refractivity contribution in [3.63, 3.8) is 0 Å². The Labute approximate surface area is 188 Å². The van der Waals surface area contributed by atoms with Crippen LogP contribution in [0, 0.1) is 6.92 Å². The van der Waals surface area contributed by atoms with Crippen molar-refractivity contribution in [1.82, 2.24) is 10.3 Å². The van der Waals surface area contributed by atoms with Crippen molar-refractivity contribution >= 4 is 35.2 Å². The standard InChI is InChI=1S/C23H22N2O4S2/c1-14-11-31-21(24-14)13-30-12-20(22(26)27)25-23(28)29-10-19-17-8-4-2-6-15(17)16-7-3-5-9-18(16)19/h2-9,11,19-20H,10,12-13H2,1H3,(H,25,28)(H,26,27). The van der Waals surface area contributed by atoms with E-state index in [1.54, 1.807) is 11.3 Å². The topological polar surface area (TPSA) is 88.5 Å². The number of rotatable bonds is 8. The molecule has 0 spiro atoms. The Morgan fingerprint density at radius 3 is 2.39 bits per heavy atom. The smallest absolute Gasteiger partial charge is 0.407 e. The Morgan fingerprint density at radius 1 is 1.16 bits per heavy atom. The third kappa shape index (κ3) is 4.91. The summed E-state index contributed by atoms with van der Waals surface area (Å²) >= 11 is 2.96. The van der Waals surface area contributed by atoms with E-state index in [9.17, 15) is 14.7 Å². The van der Waals surface area contributed by atoms with Crippen LogP contribution in [-0.4, -0.2) is 40.6 Å². The van der Waals surface area contributed by atoms with Crippen LogP contribution < -0.4 is 5.32 Å². The summed E-state index contributed by atoms with van der Waals surface area (Å²) in [6.07, 6.45) is -0.722. The highest BCUT2D eigenvalue weighted by molar-refractivity contribution is 7.98. The minimum atomic E-state index is -1.09. The summed E-state index contributed by atoms with van der Waals surface area (Å²) in [5, 5.41) is 14.8. The molecule has 1 aliphatic rings. The first kappa shape index (κ1) is 21.4. The van der Waals surface area contributed by atoms with E-state index < -0.39 is 18.1 Å². The van der Waals surface area contributed by atoms with Crippen molar-refractivity contribution in [3.05, 3.63) is 75.7 Å². The maximum absolute atomic E-state index is 12.4. The van der Waals surface area contributed by atoms with Crippen molar-refractivity contribution in [2.24, 2.45) is 0 Å². The quantitative estimate of drug-likeness (QED) is 0.514. The SMILES string of the molecule is Cc1csc(CSCC(NC(=O)OCC2c3ccccc3-c3ccccc32)C(=O)O)n1. The van der Waals surface area contributed by atoms with Crippen molar-refractivity contribution < 1.29 is 19.4 Å².